The average molecular weight is 577 g/mol. The zero-order valence-electron chi connectivity index (χ0n) is 24.2. The number of aliphatic hydroxyl groups is 4. The summed E-state index contributed by atoms with van der Waals surface area (Å²) in [5.74, 6) is -3.18. The number of carbonyl (C=O) groups is 3. The maximum absolute atomic E-state index is 13.5. The maximum atomic E-state index is 13.5. The van der Waals surface area contributed by atoms with Gasteiger partial charge in [0, 0.05) is 32.1 Å². The average Bonchev–Trinajstić information content (AvgIpc) is 2.89. The van der Waals surface area contributed by atoms with Gasteiger partial charge in [-0.15, -0.1) is 0 Å². The van der Waals surface area contributed by atoms with E-state index in [1.54, 1.807) is 37.3 Å². The third kappa shape index (κ3) is 5.41. The second-order valence-electron chi connectivity index (χ2n) is 12.1. The molecule has 1 saturated carbocycles. The molecule has 4 rings (SSSR count). The van der Waals surface area contributed by atoms with Crippen molar-refractivity contribution >= 4 is 17.9 Å². The lowest BCUT2D eigenvalue weighted by Gasteiger charge is -2.64. The molecule has 0 spiro atoms. The van der Waals surface area contributed by atoms with Crippen molar-refractivity contribution in [2.75, 3.05) is 6.61 Å². The first kappa shape index (κ1) is 31.1. The van der Waals surface area contributed by atoms with Gasteiger partial charge in [-0.25, -0.2) is 4.79 Å². The molecule has 3 aliphatic rings. The Morgan fingerprint density at radius 2 is 1.63 bits per heavy atom. The lowest BCUT2D eigenvalue weighted by Crippen LogP contribution is -2.78. The third-order valence-electron chi connectivity index (χ3n) is 8.93. The van der Waals surface area contributed by atoms with Gasteiger partial charge in [-0.1, -0.05) is 25.1 Å². The summed E-state index contributed by atoms with van der Waals surface area (Å²) in [6, 6.07) is 8.17. The van der Waals surface area contributed by atoms with Gasteiger partial charge in [0.05, 0.1) is 35.9 Å². The number of hydrogen-bond donors (Lipinski definition) is 4. The predicted octanol–water partition coefficient (Wildman–Crippen LogP) is 1.44. The summed E-state index contributed by atoms with van der Waals surface area (Å²) in [6.07, 6.45) is -8.19. The Balaban J connectivity index is 1.98. The number of hydrogen-bond acceptors (Lipinski definition) is 11. The van der Waals surface area contributed by atoms with Gasteiger partial charge in [-0.3, -0.25) is 9.59 Å². The molecule has 0 unspecified atom stereocenters. The zero-order chi connectivity index (χ0) is 30.5. The number of benzene rings is 1. The van der Waals surface area contributed by atoms with E-state index in [0.717, 1.165) is 0 Å². The molecule has 4 N–H and O–H groups in total. The number of ether oxygens (including phenoxy) is 4. The Bertz CT molecular complexity index is 1200. The molecule has 9 atom stereocenters. The fraction of sp³-hybridized carbons (Fsp3) is 0.633. The highest BCUT2D eigenvalue weighted by molar-refractivity contribution is 5.89. The van der Waals surface area contributed by atoms with Gasteiger partial charge >= 0.3 is 17.9 Å². The maximum Gasteiger partial charge on any atom is 0.338 e. The van der Waals surface area contributed by atoms with Crippen molar-refractivity contribution in [3.8, 4) is 0 Å². The van der Waals surface area contributed by atoms with Crippen LogP contribution in [0.15, 0.2) is 41.5 Å². The van der Waals surface area contributed by atoms with Crippen LogP contribution in [0.3, 0.4) is 0 Å². The first-order valence-electron chi connectivity index (χ1n) is 13.8. The van der Waals surface area contributed by atoms with E-state index in [4.69, 9.17) is 18.9 Å². The molecule has 0 amide bonds. The highest BCUT2D eigenvalue weighted by atomic mass is 16.6. The number of aliphatic hydroxyl groups excluding tert-OH is 3. The molecule has 1 saturated heterocycles. The van der Waals surface area contributed by atoms with Crippen LogP contribution in [0.2, 0.25) is 0 Å². The number of fused-ring (bicyclic) bond motifs is 3. The molecule has 226 valence electrons. The molecule has 11 nitrogen and oxygen atoms in total. The van der Waals surface area contributed by atoms with Gasteiger partial charge in [0.1, 0.15) is 24.4 Å². The van der Waals surface area contributed by atoms with Crippen LogP contribution < -0.4 is 0 Å². The highest BCUT2D eigenvalue weighted by Crippen LogP contribution is 2.59. The summed E-state index contributed by atoms with van der Waals surface area (Å²) in [5.41, 5.74) is -4.34. The lowest BCUT2D eigenvalue weighted by atomic mass is 9.51. The van der Waals surface area contributed by atoms with Crippen molar-refractivity contribution in [3.05, 3.63) is 47.0 Å². The standard InChI is InChI=1S/C30H40O11/c1-15-19(39-16(2)31)12-20(40-27(36)18-10-8-7-9-11-18)25-29(6,26(35)24(34)23(15)28(4,5)37)21(33)13-22-30(25,14-38-22)41-17(3)32/h7-11,19-22,24-26,33-35,37H,12-14H2,1-6H3/b23-15-/t19-,20+,21-,22+,24+,25-,26-,29+,30-/m0/s1. The van der Waals surface area contributed by atoms with Gasteiger partial charge in [-0.2, -0.15) is 0 Å². The van der Waals surface area contributed by atoms with E-state index >= 15 is 0 Å². The van der Waals surface area contributed by atoms with Gasteiger partial charge in [0.25, 0.3) is 0 Å². The fourth-order valence-corrected chi connectivity index (χ4v) is 7.14. The first-order valence-corrected chi connectivity index (χ1v) is 13.8. The second-order valence-corrected chi connectivity index (χ2v) is 12.1. The smallest absolute Gasteiger partial charge is 0.338 e. The van der Waals surface area contributed by atoms with E-state index in [-0.39, 0.29) is 36.2 Å². The molecule has 0 aromatic heterocycles. The van der Waals surface area contributed by atoms with Crippen LogP contribution in [-0.2, 0) is 28.5 Å². The quantitative estimate of drug-likeness (QED) is 0.227. The number of carbonyl (C=O) groups excluding carboxylic acids is 3. The summed E-state index contributed by atoms with van der Waals surface area (Å²) in [6.45, 7) is 8.23. The largest absolute Gasteiger partial charge is 0.458 e. The van der Waals surface area contributed by atoms with Gasteiger partial charge in [0.15, 0.2) is 5.60 Å². The van der Waals surface area contributed by atoms with E-state index in [1.165, 1.54) is 34.6 Å². The van der Waals surface area contributed by atoms with Crippen LogP contribution in [0.1, 0.15) is 64.7 Å². The van der Waals surface area contributed by atoms with E-state index in [0.29, 0.717) is 0 Å². The van der Waals surface area contributed by atoms with E-state index < -0.39 is 77.1 Å². The normalized spacial score (nSPS) is 39.0. The zero-order valence-corrected chi connectivity index (χ0v) is 24.2. The van der Waals surface area contributed by atoms with Gasteiger partial charge in [0.2, 0.25) is 0 Å². The lowest BCUT2D eigenvalue weighted by molar-refractivity contribution is -0.347. The highest BCUT2D eigenvalue weighted by Gasteiger charge is 2.72. The summed E-state index contributed by atoms with van der Waals surface area (Å²) >= 11 is 0. The molecule has 1 aromatic rings. The predicted molar refractivity (Wildman–Crippen MR) is 143 cm³/mol. The SMILES string of the molecule is CC(=O)O[C@H]1C[C@@H](OC(=O)c2ccccc2)[C@@H]2[C@]3(OC(C)=O)CO[C@@H]3C[C@H](O)[C@@]2(C)[C@@H](O)[C@H](O)/C(C(C)(C)O)=C/1C. The van der Waals surface area contributed by atoms with E-state index in [9.17, 15) is 34.8 Å². The minimum atomic E-state index is -1.75. The van der Waals surface area contributed by atoms with Crippen LogP contribution >= 0.6 is 0 Å². The van der Waals surface area contributed by atoms with Crippen molar-refractivity contribution in [1.82, 2.24) is 0 Å². The Morgan fingerprint density at radius 1 is 1.00 bits per heavy atom. The van der Waals surface area contributed by atoms with Crippen molar-refractivity contribution in [1.29, 1.82) is 0 Å². The molecule has 0 radical (unpaired) electrons. The van der Waals surface area contributed by atoms with Crippen molar-refractivity contribution in [2.45, 2.75) is 102 Å². The molecule has 1 aromatic carbocycles. The molecule has 1 aliphatic heterocycles. The third-order valence-corrected chi connectivity index (χ3v) is 8.93. The van der Waals surface area contributed by atoms with E-state index in [1.807, 2.05) is 0 Å². The number of esters is 3. The summed E-state index contributed by atoms with van der Waals surface area (Å²) in [4.78, 5) is 38.2. The monoisotopic (exact) mass is 576 g/mol. The summed E-state index contributed by atoms with van der Waals surface area (Å²) in [7, 11) is 0. The van der Waals surface area contributed by atoms with E-state index in [2.05, 4.69) is 0 Å². The molecular formula is C30H40O11. The Hall–Kier alpha value is -2.83. The minimum Gasteiger partial charge on any atom is -0.458 e. The summed E-state index contributed by atoms with van der Waals surface area (Å²) < 4.78 is 23.4. The molecule has 2 fully saturated rings. The van der Waals surface area contributed by atoms with Gasteiger partial charge < -0.3 is 39.4 Å². The molecule has 41 heavy (non-hydrogen) atoms. The minimum absolute atomic E-state index is 0.00743. The van der Waals surface area contributed by atoms with Gasteiger partial charge in [-0.05, 0) is 44.1 Å². The fourth-order valence-electron chi connectivity index (χ4n) is 7.14. The Morgan fingerprint density at radius 3 is 2.15 bits per heavy atom. The first-order chi connectivity index (χ1) is 19.0. The van der Waals surface area contributed by atoms with Crippen molar-refractivity contribution in [2.24, 2.45) is 11.3 Å². The van der Waals surface area contributed by atoms with Crippen LogP contribution in [0.25, 0.3) is 0 Å². The molecule has 1 heterocycles. The van der Waals surface area contributed by atoms with Crippen LogP contribution in [0.4, 0.5) is 0 Å². The molecule has 2 aliphatic carbocycles. The molecular weight excluding hydrogens is 536 g/mol. The summed E-state index contributed by atoms with van der Waals surface area (Å²) in [5, 5.41) is 46.3. The second kappa shape index (κ2) is 11.1. The molecule has 0 bridgehead atoms. The number of rotatable bonds is 5. The Kier molecular flexibility index (Phi) is 8.43. The van der Waals surface area contributed by atoms with Crippen molar-refractivity contribution < 1.29 is 53.8 Å². The molecule has 11 heteroatoms. The van der Waals surface area contributed by atoms with Crippen LogP contribution in [0.5, 0.6) is 0 Å². The van der Waals surface area contributed by atoms with Crippen molar-refractivity contribution in [3.63, 3.8) is 0 Å². The Labute approximate surface area is 239 Å². The van der Waals surface area contributed by atoms with Crippen LogP contribution in [-0.4, -0.2) is 92.8 Å². The topological polar surface area (TPSA) is 169 Å². The van der Waals surface area contributed by atoms with Crippen LogP contribution in [0, 0.1) is 11.3 Å².